The number of esters is 2. The summed E-state index contributed by atoms with van der Waals surface area (Å²) in [5.41, 5.74) is -0.641. The molecule has 22 heavy (non-hydrogen) atoms. The first kappa shape index (κ1) is 23.0. The van der Waals surface area contributed by atoms with Crippen molar-refractivity contribution in [3.63, 3.8) is 0 Å². The SMILES string of the molecule is C=CC(CC)(CC)OC(C)=O.CCC(CC)(CC)OC(C)=O. The number of ether oxygens (including phenoxy) is 2. The molecule has 0 amide bonds. The summed E-state index contributed by atoms with van der Waals surface area (Å²) in [5.74, 6) is -0.413. The molecule has 0 aliphatic carbocycles. The van der Waals surface area contributed by atoms with Crippen molar-refractivity contribution in [2.45, 2.75) is 91.8 Å². The van der Waals surface area contributed by atoms with Crippen molar-refractivity contribution in [2.75, 3.05) is 0 Å². The normalized spacial score (nSPS) is 11.0. The standard InChI is InChI=1S/C9H18O2.C9H16O2/c2*1-5-9(6-2,7-3)11-8(4)10/h5-7H2,1-4H3;5H,1,6-7H2,2-4H3. The first-order valence-electron chi connectivity index (χ1n) is 8.22. The predicted octanol–water partition coefficient (Wildman–Crippen LogP) is 4.81. The summed E-state index contributed by atoms with van der Waals surface area (Å²) in [6.45, 7) is 16.7. The van der Waals surface area contributed by atoms with Gasteiger partial charge in [0.2, 0.25) is 0 Å². The van der Waals surface area contributed by atoms with Gasteiger partial charge in [0.1, 0.15) is 11.2 Å². The Balaban J connectivity index is 0. The van der Waals surface area contributed by atoms with Gasteiger partial charge >= 0.3 is 11.9 Å². The third kappa shape index (κ3) is 8.20. The Labute approximate surface area is 136 Å². The molecule has 4 heteroatoms. The molecule has 0 saturated carbocycles. The number of hydrogen-bond acceptors (Lipinski definition) is 4. The molecule has 0 unspecified atom stereocenters. The summed E-state index contributed by atoms with van der Waals surface area (Å²) < 4.78 is 10.4. The molecule has 0 aromatic carbocycles. The Morgan fingerprint density at radius 3 is 1.27 bits per heavy atom. The summed E-state index contributed by atoms with van der Waals surface area (Å²) >= 11 is 0. The van der Waals surface area contributed by atoms with Crippen LogP contribution in [-0.4, -0.2) is 23.1 Å². The summed E-state index contributed by atoms with van der Waals surface area (Å²) in [6.07, 6.45) is 5.98. The fourth-order valence-corrected chi connectivity index (χ4v) is 2.28. The molecule has 0 radical (unpaired) electrons. The zero-order chi connectivity index (χ0) is 17.8. The molecule has 0 fully saturated rings. The molecule has 0 aromatic heterocycles. The van der Waals surface area contributed by atoms with Gasteiger partial charge in [0, 0.05) is 13.8 Å². The van der Waals surface area contributed by atoms with E-state index in [-0.39, 0.29) is 17.5 Å². The molecule has 0 N–H and O–H groups in total. The lowest BCUT2D eigenvalue weighted by Gasteiger charge is -2.29. The number of hydrogen-bond donors (Lipinski definition) is 0. The van der Waals surface area contributed by atoms with E-state index in [9.17, 15) is 9.59 Å². The topological polar surface area (TPSA) is 52.6 Å². The van der Waals surface area contributed by atoms with E-state index in [4.69, 9.17) is 9.47 Å². The van der Waals surface area contributed by atoms with Crippen molar-refractivity contribution < 1.29 is 19.1 Å². The van der Waals surface area contributed by atoms with Crippen LogP contribution in [0.2, 0.25) is 0 Å². The van der Waals surface area contributed by atoms with Gasteiger partial charge in [-0.1, -0.05) is 41.2 Å². The summed E-state index contributed by atoms with van der Waals surface area (Å²) in [7, 11) is 0. The fourth-order valence-electron chi connectivity index (χ4n) is 2.28. The minimum Gasteiger partial charge on any atom is -0.459 e. The third-order valence-electron chi connectivity index (χ3n) is 4.21. The Morgan fingerprint density at radius 2 is 1.18 bits per heavy atom. The molecule has 0 aliphatic rings. The molecule has 0 spiro atoms. The van der Waals surface area contributed by atoms with Crippen LogP contribution in [-0.2, 0) is 19.1 Å². The molecule has 4 nitrogen and oxygen atoms in total. The summed E-state index contributed by atoms with van der Waals surface area (Å²) in [6, 6.07) is 0. The van der Waals surface area contributed by atoms with Gasteiger partial charge in [-0.15, -0.1) is 0 Å². The van der Waals surface area contributed by atoms with E-state index in [1.54, 1.807) is 6.08 Å². The number of carbonyl (C=O) groups excluding carboxylic acids is 2. The fraction of sp³-hybridized carbons (Fsp3) is 0.778. The lowest BCUT2D eigenvalue weighted by molar-refractivity contribution is -0.158. The Bertz CT molecular complexity index is 331. The highest BCUT2D eigenvalue weighted by molar-refractivity contribution is 5.67. The van der Waals surface area contributed by atoms with E-state index in [0.717, 1.165) is 32.1 Å². The van der Waals surface area contributed by atoms with E-state index < -0.39 is 5.60 Å². The first-order chi connectivity index (χ1) is 10.2. The monoisotopic (exact) mass is 314 g/mol. The molecular weight excluding hydrogens is 280 g/mol. The van der Waals surface area contributed by atoms with Gasteiger partial charge in [0.05, 0.1) is 0 Å². The zero-order valence-electron chi connectivity index (χ0n) is 15.5. The summed E-state index contributed by atoms with van der Waals surface area (Å²) in [5, 5.41) is 0. The van der Waals surface area contributed by atoms with E-state index in [0.29, 0.717) is 0 Å². The van der Waals surface area contributed by atoms with Crippen LogP contribution >= 0.6 is 0 Å². The number of rotatable bonds is 8. The second-order valence-electron chi connectivity index (χ2n) is 5.41. The average molecular weight is 314 g/mol. The van der Waals surface area contributed by atoms with Crippen LogP contribution in [0.25, 0.3) is 0 Å². The van der Waals surface area contributed by atoms with Crippen LogP contribution in [0.5, 0.6) is 0 Å². The van der Waals surface area contributed by atoms with Crippen molar-refractivity contribution in [2.24, 2.45) is 0 Å². The smallest absolute Gasteiger partial charge is 0.303 e. The van der Waals surface area contributed by atoms with Gasteiger partial charge < -0.3 is 9.47 Å². The molecule has 0 rings (SSSR count). The second kappa shape index (κ2) is 11.3. The van der Waals surface area contributed by atoms with Crippen LogP contribution in [0.3, 0.4) is 0 Å². The van der Waals surface area contributed by atoms with Crippen molar-refractivity contribution in [1.29, 1.82) is 0 Å². The van der Waals surface area contributed by atoms with Crippen LogP contribution in [0, 0.1) is 0 Å². The maximum Gasteiger partial charge on any atom is 0.303 e. The maximum absolute atomic E-state index is 10.7. The molecule has 0 aromatic rings. The lowest BCUT2D eigenvalue weighted by Crippen LogP contribution is -2.32. The maximum atomic E-state index is 10.7. The van der Waals surface area contributed by atoms with Crippen molar-refractivity contribution >= 4 is 11.9 Å². The van der Waals surface area contributed by atoms with Gasteiger partial charge in [-0.05, 0) is 38.2 Å². The number of carbonyl (C=O) groups is 2. The van der Waals surface area contributed by atoms with Gasteiger partial charge in [-0.2, -0.15) is 0 Å². The van der Waals surface area contributed by atoms with Crippen LogP contribution < -0.4 is 0 Å². The molecule has 0 bridgehead atoms. The lowest BCUT2D eigenvalue weighted by atomic mass is 9.94. The van der Waals surface area contributed by atoms with Gasteiger partial charge in [-0.3, -0.25) is 9.59 Å². The first-order valence-corrected chi connectivity index (χ1v) is 8.22. The Hall–Kier alpha value is -1.32. The van der Waals surface area contributed by atoms with Crippen LogP contribution in [0.15, 0.2) is 12.7 Å². The quantitative estimate of drug-likeness (QED) is 0.476. The molecule has 0 saturated heterocycles. The van der Waals surface area contributed by atoms with Gasteiger partial charge in [-0.25, -0.2) is 0 Å². The Kier molecular flexibility index (Phi) is 11.8. The van der Waals surface area contributed by atoms with Crippen molar-refractivity contribution in [3.05, 3.63) is 12.7 Å². The zero-order valence-corrected chi connectivity index (χ0v) is 15.5. The molecule has 0 atom stereocenters. The predicted molar refractivity (Wildman–Crippen MR) is 90.6 cm³/mol. The van der Waals surface area contributed by atoms with Gasteiger partial charge in [0.25, 0.3) is 0 Å². The second-order valence-corrected chi connectivity index (χ2v) is 5.41. The largest absolute Gasteiger partial charge is 0.459 e. The van der Waals surface area contributed by atoms with Crippen LogP contribution in [0.4, 0.5) is 0 Å². The molecule has 0 heterocycles. The molecule has 0 aliphatic heterocycles. The van der Waals surface area contributed by atoms with E-state index >= 15 is 0 Å². The van der Waals surface area contributed by atoms with E-state index in [2.05, 4.69) is 27.4 Å². The van der Waals surface area contributed by atoms with Gasteiger partial charge in [0.15, 0.2) is 0 Å². The van der Waals surface area contributed by atoms with Crippen molar-refractivity contribution in [3.8, 4) is 0 Å². The van der Waals surface area contributed by atoms with E-state index in [1.165, 1.54) is 13.8 Å². The minimum atomic E-state index is -0.439. The molecular formula is C18H34O4. The van der Waals surface area contributed by atoms with Crippen molar-refractivity contribution in [1.82, 2.24) is 0 Å². The van der Waals surface area contributed by atoms with E-state index in [1.807, 2.05) is 13.8 Å². The minimum absolute atomic E-state index is 0.171. The summed E-state index contributed by atoms with van der Waals surface area (Å²) in [4.78, 5) is 21.4. The highest BCUT2D eigenvalue weighted by Crippen LogP contribution is 2.24. The highest BCUT2D eigenvalue weighted by atomic mass is 16.6. The average Bonchev–Trinajstić information content (AvgIpc) is 2.50. The highest BCUT2D eigenvalue weighted by Gasteiger charge is 2.26. The molecule has 130 valence electrons. The van der Waals surface area contributed by atoms with Crippen LogP contribution in [0.1, 0.15) is 80.6 Å². The Morgan fingerprint density at radius 1 is 0.818 bits per heavy atom. The third-order valence-corrected chi connectivity index (χ3v) is 4.21.